The third-order valence-electron chi connectivity index (χ3n) is 5.08. The third-order valence-corrected chi connectivity index (χ3v) is 6.04. The smallest absolute Gasteiger partial charge is 0.353 e. The zero-order chi connectivity index (χ0) is 26.8. The Balaban J connectivity index is 2.12. The van der Waals surface area contributed by atoms with Gasteiger partial charge in [-0.1, -0.05) is 0 Å². The van der Waals surface area contributed by atoms with E-state index in [0.29, 0.717) is 10.9 Å². The molecule has 2 aromatic rings. The van der Waals surface area contributed by atoms with Crippen molar-refractivity contribution in [2.24, 2.45) is 0 Å². The molecule has 36 heavy (non-hydrogen) atoms. The Bertz CT molecular complexity index is 1250. The first-order valence-electron chi connectivity index (χ1n) is 10.5. The molecule has 1 aromatic heterocycles. The Labute approximate surface area is 212 Å². The number of benzene rings is 1. The minimum atomic E-state index is -2.23. The number of halogens is 1. The number of rotatable bonds is 6. The molecular weight excluding hydrogens is 548 g/mol. The molecule has 194 valence electrons. The minimum absolute atomic E-state index is 0.0885. The van der Waals surface area contributed by atoms with Crippen LogP contribution in [0.1, 0.15) is 26.3 Å². The van der Waals surface area contributed by atoms with Gasteiger partial charge in [0, 0.05) is 38.3 Å². The van der Waals surface area contributed by atoms with Crippen molar-refractivity contribution >= 4 is 50.8 Å². The van der Waals surface area contributed by atoms with Crippen LogP contribution in [-0.4, -0.2) is 60.1 Å². The summed E-state index contributed by atoms with van der Waals surface area (Å²) in [4.78, 5) is 60.3. The molecule has 1 aromatic carbocycles. The first-order chi connectivity index (χ1) is 16.8. The van der Waals surface area contributed by atoms with Crippen molar-refractivity contribution in [2.75, 3.05) is 7.11 Å². The SMILES string of the molecule is COC(=O)C1(Br)O[C@@H](Oc2ccc3c(C)cc(=O)oc3c2)C(OC(C)=O)C(OC(C)=O)[C@@H]1OC(C)=O. The van der Waals surface area contributed by atoms with Crippen molar-refractivity contribution in [1.29, 1.82) is 0 Å². The molecule has 0 saturated carbocycles. The molecule has 0 radical (unpaired) electrons. The molecule has 0 N–H and O–H groups in total. The number of alkyl halides is 1. The molecule has 0 spiro atoms. The van der Waals surface area contributed by atoms with Gasteiger partial charge in [0.15, 0.2) is 12.2 Å². The predicted molar refractivity (Wildman–Crippen MR) is 123 cm³/mol. The van der Waals surface area contributed by atoms with Crippen LogP contribution >= 0.6 is 15.9 Å². The second-order valence-electron chi connectivity index (χ2n) is 7.83. The van der Waals surface area contributed by atoms with E-state index in [-0.39, 0.29) is 11.3 Å². The Morgan fingerprint density at radius 2 is 1.56 bits per heavy atom. The maximum absolute atomic E-state index is 12.7. The molecule has 5 atom stereocenters. The van der Waals surface area contributed by atoms with Gasteiger partial charge in [-0.15, -0.1) is 0 Å². The highest BCUT2D eigenvalue weighted by molar-refractivity contribution is 9.10. The summed E-state index contributed by atoms with van der Waals surface area (Å²) in [5.41, 5.74) is 0.293. The summed E-state index contributed by atoms with van der Waals surface area (Å²) in [6, 6.07) is 5.87. The lowest BCUT2D eigenvalue weighted by atomic mass is 9.97. The van der Waals surface area contributed by atoms with Gasteiger partial charge in [-0.3, -0.25) is 14.4 Å². The molecule has 1 fully saturated rings. The van der Waals surface area contributed by atoms with Gasteiger partial charge in [-0.2, -0.15) is 0 Å². The molecule has 3 rings (SSSR count). The lowest BCUT2D eigenvalue weighted by Gasteiger charge is -2.46. The van der Waals surface area contributed by atoms with Crippen molar-refractivity contribution < 1.29 is 52.0 Å². The first kappa shape index (κ1) is 27.1. The second kappa shape index (κ2) is 10.7. The summed E-state index contributed by atoms with van der Waals surface area (Å²) < 4.78 is 35.4. The first-order valence-corrected chi connectivity index (χ1v) is 11.3. The van der Waals surface area contributed by atoms with Crippen molar-refractivity contribution in [3.8, 4) is 5.75 Å². The summed E-state index contributed by atoms with van der Waals surface area (Å²) in [6.45, 7) is 4.95. The monoisotopic (exact) mass is 570 g/mol. The van der Waals surface area contributed by atoms with E-state index in [1.807, 2.05) is 0 Å². The maximum Gasteiger partial charge on any atom is 0.353 e. The number of hydrogen-bond acceptors (Lipinski definition) is 12. The topological polar surface area (TPSA) is 154 Å². The largest absolute Gasteiger partial charge is 0.466 e. The number of fused-ring (bicyclic) bond motifs is 1. The molecular formula is C23H23BrO12. The van der Waals surface area contributed by atoms with E-state index in [1.54, 1.807) is 13.0 Å². The van der Waals surface area contributed by atoms with Crippen molar-refractivity contribution in [2.45, 2.75) is 56.8 Å². The van der Waals surface area contributed by atoms with E-state index in [1.165, 1.54) is 18.2 Å². The fraction of sp³-hybridized carbons (Fsp3) is 0.435. The van der Waals surface area contributed by atoms with Crippen molar-refractivity contribution in [1.82, 2.24) is 0 Å². The van der Waals surface area contributed by atoms with Crippen molar-refractivity contribution in [3.05, 3.63) is 40.2 Å². The highest BCUT2D eigenvalue weighted by Crippen LogP contribution is 2.41. The average molecular weight is 571 g/mol. The molecule has 3 unspecified atom stereocenters. The molecule has 12 nitrogen and oxygen atoms in total. The molecule has 1 saturated heterocycles. The van der Waals surface area contributed by atoms with E-state index in [2.05, 4.69) is 15.9 Å². The van der Waals surface area contributed by atoms with E-state index in [9.17, 15) is 24.0 Å². The van der Waals surface area contributed by atoms with Crippen LogP contribution in [0.5, 0.6) is 5.75 Å². The Morgan fingerprint density at radius 1 is 0.944 bits per heavy atom. The van der Waals surface area contributed by atoms with Crippen molar-refractivity contribution in [3.63, 3.8) is 0 Å². The summed E-state index contributed by atoms with van der Waals surface area (Å²) in [5.74, 6) is -3.46. The van der Waals surface area contributed by atoms with Crippen LogP contribution in [0, 0.1) is 6.92 Å². The molecule has 0 amide bonds. The second-order valence-corrected chi connectivity index (χ2v) is 9.00. The minimum Gasteiger partial charge on any atom is -0.466 e. The van der Waals surface area contributed by atoms with Gasteiger partial charge in [0.2, 0.25) is 12.4 Å². The zero-order valence-corrected chi connectivity index (χ0v) is 21.5. The fourth-order valence-electron chi connectivity index (χ4n) is 3.71. The number of methoxy groups -OCH3 is 1. The maximum atomic E-state index is 12.7. The highest BCUT2D eigenvalue weighted by atomic mass is 79.9. The number of carbonyl (C=O) groups excluding carboxylic acids is 4. The zero-order valence-electron chi connectivity index (χ0n) is 19.9. The van der Waals surface area contributed by atoms with Crippen LogP contribution < -0.4 is 10.4 Å². The van der Waals surface area contributed by atoms with Gasteiger partial charge in [0.25, 0.3) is 4.51 Å². The van der Waals surface area contributed by atoms with E-state index < -0.39 is 58.6 Å². The average Bonchev–Trinajstić information content (AvgIpc) is 2.77. The lowest BCUT2D eigenvalue weighted by Crippen LogP contribution is -2.68. The normalized spacial score (nSPS) is 25.5. The number of esters is 4. The van der Waals surface area contributed by atoms with Crippen LogP contribution in [0.3, 0.4) is 0 Å². The molecule has 1 aliphatic heterocycles. The van der Waals surface area contributed by atoms with Gasteiger partial charge in [-0.25, -0.2) is 9.59 Å². The van der Waals surface area contributed by atoms with Crippen LogP contribution in [0.15, 0.2) is 33.5 Å². The summed E-state index contributed by atoms with van der Waals surface area (Å²) >= 11 is 3.11. The van der Waals surface area contributed by atoms with Crippen LogP contribution in [-0.2, 0) is 42.9 Å². The molecule has 0 aliphatic carbocycles. The predicted octanol–water partition coefficient (Wildman–Crippen LogP) is 1.90. The van der Waals surface area contributed by atoms with Gasteiger partial charge in [-0.05, 0) is 40.5 Å². The third kappa shape index (κ3) is 5.68. The van der Waals surface area contributed by atoms with Gasteiger partial charge in [0.1, 0.15) is 11.3 Å². The van der Waals surface area contributed by atoms with E-state index in [0.717, 1.165) is 27.9 Å². The number of aryl methyl sites for hydroxylation is 1. The van der Waals surface area contributed by atoms with Gasteiger partial charge in [0.05, 0.1) is 7.11 Å². The van der Waals surface area contributed by atoms with Gasteiger partial charge >= 0.3 is 29.5 Å². The molecule has 0 bridgehead atoms. The van der Waals surface area contributed by atoms with E-state index >= 15 is 0 Å². The lowest BCUT2D eigenvalue weighted by molar-refractivity contribution is -0.289. The van der Waals surface area contributed by atoms with Crippen LogP contribution in [0.25, 0.3) is 11.0 Å². The fourth-order valence-corrected chi connectivity index (χ4v) is 4.41. The van der Waals surface area contributed by atoms with E-state index in [4.69, 9.17) is 32.8 Å². The Kier molecular flexibility index (Phi) is 8.04. The molecule has 2 heterocycles. The quantitative estimate of drug-likeness (QED) is 0.215. The Morgan fingerprint density at radius 3 is 2.14 bits per heavy atom. The van der Waals surface area contributed by atoms with Gasteiger partial charge < -0.3 is 32.8 Å². The molecule has 13 heteroatoms. The number of ether oxygens (including phenoxy) is 6. The standard InChI is InChI=1S/C23H23BrO12/c1-10-8-17(28)35-16-9-14(6-7-15(10)16)34-21-19(32-12(3)26)18(31-11(2)25)20(33-13(4)27)23(24,36-21)22(29)30-5/h6-9,18-21H,1-5H3/t18?,19?,20-,21+,23?/m0/s1. The molecule has 1 aliphatic rings. The van der Waals surface area contributed by atoms with Crippen LogP contribution in [0.2, 0.25) is 0 Å². The summed E-state index contributed by atoms with van der Waals surface area (Å²) in [6.07, 6.45) is -6.32. The summed E-state index contributed by atoms with van der Waals surface area (Å²) in [5, 5.41) is 0.639. The summed E-state index contributed by atoms with van der Waals surface area (Å²) in [7, 11) is 1.06. The number of hydrogen-bond donors (Lipinski definition) is 0. The Hall–Kier alpha value is -3.45. The van der Waals surface area contributed by atoms with Crippen LogP contribution in [0.4, 0.5) is 0 Å². The highest BCUT2D eigenvalue weighted by Gasteiger charge is 2.64. The number of carbonyl (C=O) groups is 4.